The van der Waals surface area contributed by atoms with Gasteiger partial charge in [-0.3, -0.25) is 4.99 Å². The van der Waals surface area contributed by atoms with Gasteiger partial charge >= 0.3 is 0 Å². The molecule has 10 heavy (non-hydrogen) atoms. The van der Waals surface area contributed by atoms with Crippen molar-refractivity contribution in [1.29, 1.82) is 0 Å². The van der Waals surface area contributed by atoms with Gasteiger partial charge in [-0.05, 0) is 19.9 Å². The van der Waals surface area contributed by atoms with E-state index >= 15 is 0 Å². The molecule has 0 aromatic heterocycles. The van der Waals surface area contributed by atoms with Gasteiger partial charge in [0.15, 0.2) is 0 Å². The molecule has 0 aromatic rings. The number of rotatable bonds is 1. The van der Waals surface area contributed by atoms with Gasteiger partial charge in [-0.25, -0.2) is 0 Å². The molecule has 1 heterocycles. The minimum atomic E-state index is 0.926. The number of allylic oxidation sites excluding steroid dienone is 3. The predicted octanol–water partition coefficient (Wildman–Crippen LogP) is 1.90. The SMILES string of the molecule is CO/C(C)=C1/C=CN=C1C. The van der Waals surface area contributed by atoms with Crippen LogP contribution in [0.2, 0.25) is 0 Å². The van der Waals surface area contributed by atoms with Crippen molar-refractivity contribution in [3.05, 3.63) is 23.6 Å². The zero-order chi connectivity index (χ0) is 7.56. The van der Waals surface area contributed by atoms with Crippen LogP contribution in [0.5, 0.6) is 0 Å². The van der Waals surface area contributed by atoms with Crippen LogP contribution in [0.15, 0.2) is 28.6 Å². The highest BCUT2D eigenvalue weighted by Gasteiger charge is 2.06. The fourth-order valence-corrected chi connectivity index (χ4v) is 0.896. The van der Waals surface area contributed by atoms with Crippen molar-refractivity contribution in [1.82, 2.24) is 0 Å². The van der Waals surface area contributed by atoms with E-state index in [0.29, 0.717) is 0 Å². The van der Waals surface area contributed by atoms with Crippen LogP contribution in [0.1, 0.15) is 13.8 Å². The predicted molar refractivity (Wildman–Crippen MR) is 42.0 cm³/mol. The maximum absolute atomic E-state index is 5.05. The molecule has 54 valence electrons. The Balaban J connectivity index is 2.93. The van der Waals surface area contributed by atoms with Crippen LogP contribution in [0.25, 0.3) is 0 Å². The largest absolute Gasteiger partial charge is 0.501 e. The molecule has 1 aliphatic heterocycles. The summed E-state index contributed by atoms with van der Waals surface area (Å²) in [5.74, 6) is 0.926. The summed E-state index contributed by atoms with van der Waals surface area (Å²) in [6.45, 7) is 3.90. The van der Waals surface area contributed by atoms with E-state index in [1.54, 1.807) is 13.3 Å². The van der Waals surface area contributed by atoms with E-state index in [0.717, 1.165) is 17.0 Å². The van der Waals surface area contributed by atoms with Crippen LogP contribution >= 0.6 is 0 Å². The molecule has 0 spiro atoms. The molecule has 2 heteroatoms. The number of ether oxygens (including phenoxy) is 1. The van der Waals surface area contributed by atoms with Gasteiger partial charge < -0.3 is 4.74 Å². The molecule has 0 fully saturated rings. The summed E-state index contributed by atoms with van der Waals surface area (Å²) < 4.78 is 5.05. The second kappa shape index (κ2) is 2.69. The molecule has 2 nitrogen and oxygen atoms in total. The second-order valence-electron chi connectivity index (χ2n) is 2.20. The molecular weight excluding hydrogens is 126 g/mol. The van der Waals surface area contributed by atoms with E-state index in [9.17, 15) is 0 Å². The number of nitrogens with zero attached hydrogens (tertiary/aromatic N) is 1. The summed E-state index contributed by atoms with van der Waals surface area (Å²) in [5, 5.41) is 0. The van der Waals surface area contributed by atoms with Crippen molar-refractivity contribution >= 4 is 5.71 Å². The maximum atomic E-state index is 5.05. The number of hydrogen-bond acceptors (Lipinski definition) is 2. The Labute approximate surface area is 60.9 Å². The lowest BCUT2D eigenvalue weighted by atomic mass is 10.2. The van der Waals surface area contributed by atoms with Gasteiger partial charge in [-0.1, -0.05) is 0 Å². The van der Waals surface area contributed by atoms with Crippen LogP contribution in [0.4, 0.5) is 0 Å². The summed E-state index contributed by atoms with van der Waals surface area (Å²) in [6, 6.07) is 0. The lowest BCUT2D eigenvalue weighted by Gasteiger charge is -2.01. The van der Waals surface area contributed by atoms with Crippen LogP contribution in [0, 0.1) is 0 Å². The summed E-state index contributed by atoms with van der Waals surface area (Å²) in [5.41, 5.74) is 2.13. The Hall–Kier alpha value is -1.05. The van der Waals surface area contributed by atoms with Gasteiger partial charge in [-0.15, -0.1) is 0 Å². The summed E-state index contributed by atoms with van der Waals surface area (Å²) in [4.78, 5) is 4.08. The molecule has 0 bridgehead atoms. The van der Waals surface area contributed by atoms with Crippen molar-refractivity contribution in [2.45, 2.75) is 13.8 Å². The molecule has 0 amide bonds. The Kier molecular flexibility index (Phi) is 1.90. The third kappa shape index (κ3) is 1.10. The van der Waals surface area contributed by atoms with Gasteiger partial charge in [-0.2, -0.15) is 0 Å². The summed E-state index contributed by atoms with van der Waals surface area (Å²) >= 11 is 0. The van der Waals surface area contributed by atoms with Crippen LogP contribution in [0.3, 0.4) is 0 Å². The van der Waals surface area contributed by atoms with Crippen molar-refractivity contribution in [2.24, 2.45) is 4.99 Å². The Morgan fingerprint density at radius 2 is 2.30 bits per heavy atom. The Bertz CT molecular complexity index is 223. The Morgan fingerprint density at radius 3 is 2.70 bits per heavy atom. The second-order valence-corrected chi connectivity index (χ2v) is 2.20. The zero-order valence-electron chi connectivity index (χ0n) is 6.51. The van der Waals surface area contributed by atoms with Crippen LogP contribution in [-0.2, 0) is 4.74 Å². The normalized spacial score (nSPS) is 20.9. The molecule has 1 rings (SSSR count). The van der Waals surface area contributed by atoms with Crippen molar-refractivity contribution in [3.63, 3.8) is 0 Å². The van der Waals surface area contributed by atoms with Crippen molar-refractivity contribution in [3.8, 4) is 0 Å². The Morgan fingerprint density at radius 1 is 1.60 bits per heavy atom. The molecule has 1 aliphatic rings. The maximum Gasteiger partial charge on any atom is 0.101 e. The molecule has 0 N–H and O–H groups in total. The molecule has 0 unspecified atom stereocenters. The van der Waals surface area contributed by atoms with Gasteiger partial charge in [0.2, 0.25) is 0 Å². The van der Waals surface area contributed by atoms with E-state index in [4.69, 9.17) is 4.74 Å². The fraction of sp³-hybridized carbons (Fsp3) is 0.375. The molecule has 0 aliphatic carbocycles. The molecular formula is C8H11NO. The minimum absolute atomic E-state index is 0.926. The smallest absolute Gasteiger partial charge is 0.101 e. The monoisotopic (exact) mass is 137 g/mol. The van der Waals surface area contributed by atoms with Gasteiger partial charge in [0.05, 0.1) is 7.11 Å². The first-order valence-corrected chi connectivity index (χ1v) is 3.22. The molecule has 0 aromatic carbocycles. The zero-order valence-corrected chi connectivity index (χ0v) is 6.51. The van der Waals surface area contributed by atoms with Gasteiger partial charge in [0.1, 0.15) is 5.76 Å². The molecule has 0 atom stereocenters. The van der Waals surface area contributed by atoms with E-state index in [1.165, 1.54) is 0 Å². The molecule has 0 radical (unpaired) electrons. The van der Waals surface area contributed by atoms with Crippen LogP contribution < -0.4 is 0 Å². The lowest BCUT2D eigenvalue weighted by molar-refractivity contribution is 0.292. The van der Waals surface area contributed by atoms with Crippen LogP contribution in [-0.4, -0.2) is 12.8 Å². The summed E-state index contributed by atoms with van der Waals surface area (Å²) in [6.07, 6.45) is 3.74. The van der Waals surface area contributed by atoms with Gasteiger partial charge in [0, 0.05) is 17.5 Å². The van der Waals surface area contributed by atoms with Gasteiger partial charge in [0.25, 0.3) is 0 Å². The quantitative estimate of drug-likeness (QED) is 0.506. The first-order valence-electron chi connectivity index (χ1n) is 3.22. The van der Waals surface area contributed by atoms with E-state index < -0.39 is 0 Å². The van der Waals surface area contributed by atoms with Crippen molar-refractivity contribution in [2.75, 3.05) is 7.11 Å². The third-order valence-corrected chi connectivity index (χ3v) is 1.58. The first kappa shape index (κ1) is 7.06. The fourth-order valence-electron chi connectivity index (χ4n) is 0.896. The minimum Gasteiger partial charge on any atom is -0.501 e. The summed E-state index contributed by atoms with van der Waals surface area (Å²) in [7, 11) is 1.67. The molecule has 0 saturated heterocycles. The lowest BCUT2D eigenvalue weighted by Crippen LogP contribution is -1.95. The third-order valence-electron chi connectivity index (χ3n) is 1.58. The molecule has 0 saturated carbocycles. The van der Waals surface area contributed by atoms with Crippen molar-refractivity contribution < 1.29 is 4.74 Å². The highest BCUT2D eigenvalue weighted by molar-refractivity contribution is 6.03. The standard InChI is InChI=1S/C8H11NO/c1-6-8(4-5-9-6)7(2)10-3/h4-5H,1-3H3/b8-7-. The van der Waals surface area contributed by atoms with E-state index in [-0.39, 0.29) is 0 Å². The average molecular weight is 137 g/mol. The van der Waals surface area contributed by atoms with E-state index in [2.05, 4.69) is 4.99 Å². The first-order chi connectivity index (χ1) is 4.75. The topological polar surface area (TPSA) is 21.6 Å². The highest BCUT2D eigenvalue weighted by Crippen LogP contribution is 2.13. The highest BCUT2D eigenvalue weighted by atomic mass is 16.5. The van der Waals surface area contributed by atoms with E-state index in [1.807, 2.05) is 19.9 Å². The number of aliphatic imine (C=N–C) groups is 1. The number of hydrogen-bond donors (Lipinski definition) is 0. The average Bonchev–Trinajstić information content (AvgIpc) is 2.34. The number of methoxy groups -OCH3 is 1.